The zero-order chi connectivity index (χ0) is 16.1. The molecule has 1 amide bonds. The number of benzene rings is 2. The number of anilines is 1. The Morgan fingerprint density at radius 3 is 2.35 bits per heavy atom. The first-order chi connectivity index (χ1) is 11.2. The van der Waals surface area contributed by atoms with Gasteiger partial charge in [0.15, 0.2) is 6.04 Å². The van der Waals surface area contributed by atoms with Crippen molar-refractivity contribution in [2.75, 3.05) is 31.6 Å². The number of amides is 1. The first kappa shape index (κ1) is 15.7. The topological polar surface area (TPSA) is 42.8 Å². The molecular weight excluding hydrogens is 288 g/mol. The van der Waals surface area contributed by atoms with Gasteiger partial charge in [-0.05, 0) is 19.1 Å². The number of hydrogen-bond acceptors (Lipinski definition) is 2. The molecule has 1 aliphatic heterocycles. The van der Waals surface area contributed by atoms with Gasteiger partial charge >= 0.3 is 0 Å². The van der Waals surface area contributed by atoms with E-state index in [0.29, 0.717) is 13.2 Å². The van der Waals surface area contributed by atoms with Crippen molar-refractivity contribution in [2.45, 2.75) is 13.0 Å². The summed E-state index contributed by atoms with van der Waals surface area (Å²) < 4.78 is 5.44. The van der Waals surface area contributed by atoms with Crippen molar-refractivity contribution < 1.29 is 14.4 Å². The third-order valence-electron chi connectivity index (χ3n) is 4.26. The van der Waals surface area contributed by atoms with E-state index in [9.17, 15) is 4.79 Å². The Labute approximate surface area is 137 Å². The Morgan fingerprint density at radius 2 is 1.70 bits per heavy atom. The number of carbonyl (C=O) groups is 1. The fraction of sp³-hybridized carbons (Fsp3) is 0.316. The normalized spacial score (nSPS) is 16.7. The van der Waals surface area contributed by atoms with Crippen molar-refractivity contribution >= 4 is 11.6 Å². The highest BCUT2D eigenvalue weighted by Gasteiger charge is 2.32. The Morgan fingerprint density at radius 1 is 1.04 bits per heavy atom. The number of morpholine rings is 1. The first-order valence-electron chi connectivity index (χ1n) is 8.09. The lowest BCUT2D eigenvalue weighted by atomic mass is 10.0. The van der Waals surface area contributed by atoms with Gasteiger partial charge in [-0.25, -0.2) is 0 Å². The molecule has 0 saturated carbocycles. The molecule has 2 aromatic carbocycles. The number of nitrogens with one attached hydrogen (secondary N) is 2. The smallest absolute Gasteiger partial charge is 0.287 e. The Hall–Kier alpha value is -2.17. The quantitative estimate of drug-likeness (QED) is 0.900. The van der Waals surface area contributed by atoms with E-state index in [1.54, 1.807) is 0 Å². The molecule has 4 heteroatoms. The molecule has 0 aromatic heterocycles. The number of aryl methyl sites for hydroxylation is 1. The van der Waals surface area contributed by atoms with Crippen LogP contribution in [-0.4, -0.2) is 32.2 Å². The van der Waals surface area contributed by atoms with E-state index >= 15 is 0 Å². The number of carbonyl (C=O) groups excluding carboxylic acids is 1. The lowest BCUT2D eigenvalue weighted by Crippen LogP contribution is -3.15. The third kappa shape index (κ3) is 3.97. The van der Waals surface area contributed by atoms with Crippen LogP contribution >= 0.6 is 0 Å². The maximum atomic E-state index is 12.9. The highest BCUT2D eigenvalue weighted by atomic mass is 16.5. The van der Waals surface area contributed by atoms with Gasteiger partial charge in [0.25, 0.3) is 5.91 Å². The molecular formula is C19H23N2O2+. The molecule has 2 aromatic rings. The summed E-state index contributed by atoms with van der Waals surface area (Å²) in [5.41, 5.74) is 3.07. The van der Waals surface area contributed by atoms with Crippen LogP contribution in [0.1, 0.15) is 17.2 Å². The number of quaternary nitrogens is 1. The lowest BCUT2D eigenvalue weighted by molar-refractivity contribution is -0.929. The summed E-state index contributed by atoms with van der Waals surface area (Å²) in [4.78, 5) is 14.2. The average Bonchev–Trinajstić information content (AvgIpc) is 2.59. The molecule has 2 N–H and O–H groups in total. The lowest BCUT2D eigenvalue weighted by Gasteiger charge is -2.30. The van der Waals surface area contributed by atoms with Gasteiger partial charge in [0.05, 0.1) is 13.2 Å². The second-order valence-electron chi connectivity index (χ2n) is 5.97. The van der Waals surface area contributed by atoms with Crippen LogP contribution in [0.3, 0.4) is 0 Å². The van der Waals surface area contributed by atoms with Gasteiger partial charge in [-0.3, -0.25) is 4.79 Å². The van der Waals surface area contributed by atoms with Gasteiger partial charge in [-0.2, -0.15) is 0 Å². The van der Waals surface area contributed by atoms with Crippen molar-refractivity contribution in [1.29, 1.82) is 0 Å². The van der Waals surface area contributed by atoms with Crippen LogP contribution in [0.4, 0.5) is 5.69 Å². The van der Waals surface area contributed by atoms with Gasteiger partial charge in [-0.15, -0.1) is 0 Å². The predicted molar refractivity (Wildman–Crippen MR) is 90.5 cm³/mol. The molecule has 0 spiro atoms. The zero-order valence-electron chi connectivity index (χ0n) is 13.4. The number of hydrogen-bond donors (Lipinski definition) is 2. The molecule has 3 rings (SSSR count). The van der Waals surface area contributed by atoms with Crippen molar-refractivity contribution in [3.63, 3.8) is 0 Å². The number of ether oxygens (including phenoxy) is 1. The minimum absolute atomic E-state index is 0.0388. The van der Waals surface area contributed by atoms with Crippen molar-refractivity contribution in [3.8, 4) is 0 Å². The fourth-order valence-electron chi connectivity index (χ4n) is 2.99. The highest BCUT2D eigenvalue weighted by molar-refractivity contribution is 5.94. The summed E-state index contributed by atoms with van der Waals surface area (Å²) in [7, 11) is 0. The minimum Gasteiger partial charge on any atom is -0.370 e. The molecule has 1 fully saturated rings. The Kier molecular flexibility index (Phi) is 5.05. The minimum atomic E-state index is -0.207. The van der Waals surface area contributed by atoms with E-state index in [-0.39, 0.29) is 11.9 Å². The molecule has 0 unspecified atom stereocenters. The third-order valence-corrected chi connectivity index (χ3v) is 4.26. The van der Waals surface area contributed by atoms with Crippen LogP contribution < -0.4 is 10.2 Å². The van der Waals surface area contributed by atoms with Crippen LogP contribution in [0.2, 0.25) is 0 Å². The van der Waals surface area contributed by atoms with E-state index in [4.69, 9.17) is 4.74 Å². The van der Waals surface area contributed by atoms with E-state index in [2.05, 4.69) is 5.32 Å². The average molecular weight is 311 g/mol. The second kappa shape index (κ2) is 7.40. The Bertz CT molecular complexity index is 634. The molecule has 0 radical (unpaired) electrons. The monoisotopic (exact) mass is 311 g/mol. The van der Waals surface area contributed by atoms with Crippen LogP contribution in [0.5, 0.6) is 0 Å². The molecule has 1 aliphatic rings. The van der Waals surface area contributed by atoms with Gasteiger partial charge < -0.3 is 15.0 Å². The van der Waals surface area contributed by atoms with Gasteiger partial charge in [0, 0.05) is 11.3 Å². The van der Waals surface area contributed by atoms with Crippen molar-refractivity contribution in [2.24, 2.45) is 0 Å². The highest BCUT2D eigenvalue weighted by Crippen LogP contribution is 2.15. The maximum Gasteiger partial charge on any atom is 0.287 e. The van der Waals surface area contributed by atoms with E-state index < -0.39 is 0 Å². The zero-order valence-corrected chi connectivity index (χ0v) is 13.4. The van der Waals surface area contributed by atoms with E-state index in [1.165, 1.54) is 10.5 Å². The first-order valence-corrected chi connectivity index (χ1v) is 8.09. The van der Waals surface area contributed by atoms with Crippen molar-refractivity contribution in [1.82, 2.24) is 0 Å². The molecule has 0 aliphatic carbocycles. The molecule has 4 nitrogen and oxygen atoms in total. The van der Waals surface area contributed by atoms with Gasteiger partial charge in [0.1, 0.15) is 13.1 Å². The molecule has 23 heavy (non-hydrogen) atoms. The molecule has 0 bridgehead atoms. The second-order valence-corrected chi connectivity index (χ2v) is 5.97. The van der Waals surface area contributed by atoms with Crippen molar-refractivity contribution in [3.05, 3.63) is 65.7 Å². The Balaban J connectivity index is 1.82. The molecule has 1 atom stereocenters. The molecule has 1 saturated heterocycles. The molecule has 120 valence electrons. The largest absolute Gasteiger partial charge is 0.370 e. The number of rotatable bonds is 4. The van der Waals surface area contributed by atoms with Crippen LogP contribution in [0.25, 0.3) is 0 Å². The summed E-state index contributed by atoms with van der Waals surface area (Å²) in [6.07, 6.45) is 0. The van der Waals surface area contributed by atoms with Gasteiger partial charge in [0.2, 0.25) is 0 Å². The van der Waals surface area contributed by atoms with Crippen LogP contribution in [0.15, 0.2) is 54.6 Å². The predicted octanol–water partition coefficient (Wildman–Crippen LogP) is 1.59. The summed E-state index contributed by atoms with van der Waals surface area (Å²) in [6.45, 7) is 5.14. The fourth-order valence-corrected chi connectivity index (χ4v) is 2.99. The van der Waals surface area contributed by atoms with E-state index in [1.807, 2.05) is 61.5 Å². The van der Waals surface area contributed by atoms with E-state index in [0.717, 1.165) is 24.3 Å². The van der Waals surface area contributed by atoms with Crippen LogP contribution in [0, 0.1) is 6.92 Å². The summed E-state index contributed by atoms with van der Waals surface area (Å²) in [6, 6.07) is 17.7. The van der Waals surface area contributed by atoms with Gasteiger partial charge in [-0.1, -0.05) is 48.0 Å². The summed E-state index contributed by atoms with van der Waals surface area (Å²) in [5, 5.41) is 3.06. The standard InChI is InChI=1S/C19H22N2O2/c1-15-7-9-17(10-8-15)20-19(22)18(16-5-3-2-4-6-16)21-11-13-23-14-12-21/h2-10,18H,11-14H2,1H3,(H,20,22)/p+1/t18-/m1/s1. The summed E-state index contributed by atoms with van der Waals surface area (Å²) in [5.74, 6) is 0.0388. The van der Waals surface area contributed by atoms with Crippen LogP contribution in [-0.2, 0) is 9.53 Å². The maximum absolute atomic E-state index is 12.9. The molecule has 1 heterocycles. The SMILES string of the molecule is Cc1ccc(NC(=O)[C@@H](c2ccccc2)[NH+]2CCOCC2)cc1. The summed E-state index contributed by atoms with van der Waals surface area (Å²) >= 11 is 0.